The molecular weight excluding hydrogens is 412 g/mol. The molecule has 2 aliphatic heterocycles. The van der Waals surface area contributed by atoms with E-state index in [1.165, 1.54) is 23.9 Å². The van der Waals surface area contributed by atoms with E-state index in [-0.39, 0.29) is 42.8 Å². The van der Waals surface area contributed by atoms with Crippen LogP contribution in [0, 0.1) is 29.6 Å². The molecule has 8 nitrogen and oxygen atoms in total. The van der Waals surface area contributed by atoms with Gasteiger partial charge >= 0.3 is 0 Å². The molecule has 0 bridgehead atoms. The zero-order valence-electron chi connectivity index (χ0n) is 18.1. The molecule has 1 saturated carbocycles. The van der Waals surface area contributed by atoms with Crippen molar-refractivity contribution in [1.82, 2.24) is 9.80 Å². The van der Waals surface area contributed by atoms with Crippen LogP contribution in [-0.4, -0.2) is 65.8 Å². The van der Waals surface area contributed by atoms with Gasteiger partial charge in [0.1, 0.15) is 12.4 Å². The Morgan fingerprint density at radius 3 is 2.28 bits per heavy atom. The van der Waals surface area contributed by atoms with Gasteiger partial charge in [-0.1, -0.05) is 29.8 Å². The molecule has 1 N–H and O–H groups in total. The minimum Gasteiger partial charge on any atom is -0.491 e. The molecule has 6 unspecified atom stereocenters. The van der Waals surface area contributed by atoms with E-state index in [9.17, 15) is 24.3 Å². The first-order valence-electron chi connectivity index (χ1n) is 11.0. The smallest absolute Gasteiger partial charge is 0.233 e. The Hall–Kier alpha value is -3.00. The zero-order valence-corrected chi connectivity index (χ0v) is 18.1. The van der Waals surface area contributed by atoms with Gasteiger partial charge in [-0.2, -0.15) is 0 Å². The minimum atomic E-state index is -0.574. The van der Waals surface area contributed by atoms with E-state index in [0.717, 1.165) is 11.1 Å². The molecule has 4 amide bonds. The number of likely N-dealkylation sites (tertiary alicyclic amines) is 2. The molecule has 4 aliphatic rings. The Morgan fingerprint density at radius 1 is 0.906 bits per heavy atom. The predicted octanol–water partition coefficient (Wildman–Crippen LogP) is 0.953. The number of allylic oxidation sites excluding steroid dienone is 2. The van der Waals surface area contributed by atoms with Crippen LogP contribution in [0.3, 0.4) is 0 Å². The summed E-state index contributed by atoms with van der Waals surface area (Å²) in [6.45, 7) is -0.0429. The third-order valence-electron chi connectivity index (χ3n) is 7.69. The molecule has 6 atom stereocenters. The fourth-order valence-corrected chi connectivity index (χ4v) is 6.28. The second kappa shape index (κ2) is 7.55. The molecule has 32 heavy (non-hydrogen) atoms. The number of fused-ring (bicyclic) bond motifs is 4. The molecule has 8 heteroatoms. The lowest BCUT2D eigenvalue weighted by Gasteiger charge is -2.44. The van der Waals surface area contributed by atoms with E-state index in [2.05, 4.69) is 0 Å². The Morgan fingerprint density at radius 2 is 1.56 bits per heavy atom. The van der Waals surface area contributed by atoms with Gasteiger partial charge in [0.25, 0.3) is 0 Å². The number of rotatable bonds is 4. The first-order valence-corrected chi connectivity index (χ1v) is 11.0. The number of ether oxygens (including phenoxy) is 1. The SMILES string of the molecule is CN1C(=O)C2CC=C3C(CC4C(=O)N(C)C(=O)C4C3c3ccccc3OCCO)C2C1=O. The van der Waals surface area contributed by atoms with Gasteiger partial charge in [-0.05, 0) is 24.8 Å². The molecule has 2 heterocycles. The number of carbonyl (C=O) groups excluding carboxylic acids is 4. The molecule has 1 aromatic rings. The molecule has 5 rings (SSSR count). The van der Waals surface area contributed by atoms with Crippen molar-refractivity contribution in [1.29, 1.82) is 0 Å². The normalized spacial score (nSPS) is 33.8. The zero-order chi connectivity index (χ0) is 22.7. The average molecular weight is 438 g/mol. The van der Waals surface area contributed by atoms with Crippen molar-refractivity contribution >= 4 is 23.6 Å². The van der Waals surface area contributed by atoms with Crippen LogP contribution in [0.2, 0.25) is 0 Å². The minimum absolute atomic E-state index is 0.107. The van der Waals surface area contributed by atoms with Crippen LogP contribution in [0.15, 0.2) is 35.9 Å². The van der Waals surface area contributed by atoms with Gasteiger partial charge in [0.05, 0.1) is 30.3 Å². The topological polar surface area (TPSA) is 104 Å². The fraction of sp³-hybridized carbons (Fsp3) is 0.500. The molecule has 3 fully saturated rings. The Bertz CT molecular complexity index is 1050. The number of aliphatic hydroxyl groups is 1. The summed E-state index contributed by atoms with van der Waals surface area (Å²) in [7, 11) is 3.02. The van der Waals surface area contributed by atoms with Crippen LogP contribution >= 0.6 is 0 Å². The third kappa shape index (κ3) is 2.78. The summed E-state index contributed by atoms with van der Waals surface area (Å²) in [6.07, 6.45) is 2.84. The lowest BCUT2D eigenvalue weighted by Crippen LogP contribution is -2.43. The van der Waals surface area contributed by atoms with Gasteiger partial charge in [0, 0.05) is 25.6 Å². The van der Waals surface area contributed by atoms with E-state index in [4.69, 9.17) is 4.74 Å². The highest BCUT2D eigenvalue weighted by molar-refractivity contribution is 6.07. The number of amides is 4. The maximum Gasteiger partial charge on any atom is 0.233 e. The van der Waals surface area contributed by atoms with Crippen molar-refractivity contribution in [3.63, 3.8) is 0 Å². The predicted molar refractivity (Wildman–Crippen MR) is 112 cm³/mol. The quantitative estimate of drug-likeness (QED) is 0.555. The van der Waals surface area contributed by atoms with Gasteiger partial charge in [0.2, 0.25) is 23.6 Å². The fourth-order valence-electron chi connectivity index (χ4n) is 6.28. The molecule has 0 radical (unpaired) electrons. The molecular formula is C24H26N2O6. The van der Waals surface area contributed by atoms with Crippen LogP contribution in [0.5, 0.6) is 5.75 Å². The average Bonchev–Trinajstić information content (AvgIpc) is 3.16. The third-order valence-corrected chi connectivity index (χ3v) is 7.69. The summed E-state index contributed by atoms with van der Waals surface area (Å²) < 4.78 is 5.78. The van der Waals surface area contributed by atoms with Crippen molar-refractivity contribution in [3.05, 3.63) is 41.5 Å². The highest BCUT2D eigenvalue weighted by atomic mass is 16.5. The van der Waals surface area contributed by atoms with Gasteiger partial charge in [0.15, 0.2) is 0 Å². The highest BCUT2D eigenvalue weighted by Crippen LogP contribution is 2.58. The van der Waals surface area contributed by atoms with E-state index in [1.807, 2.05) is 24.3 Å². The van der Waals surface area contributed by atoms with Crippen LogP contribution in [-0.2, 0) is 19.2 Å². The number of aliphatic hydroxyl groups excluding tert-OH is 1. The number of carbonyl (C=O) groups is 4. The van der Waals surface area contributed by atoms with E-state index in [1.54, 1.807) is 6.07 Å². The Balaban J connectivity index is 1.65. The van der Waals surface area contributed by atoms with E-state index < -0.39 is 29.6 Å². The summed E-state index contributed by atoms with van der Waals surface area (Å²) in [5.74, 6) is -3.03. The van der Waals surface area contributed by atoms with Gasteiger partial charge in [-0.25, -0.2) is 0 Å². The molecule has 2 saturated heterocycles. The standard InChI is InChI=1S/C24H26N2O6/c1-25-21(28)14-8-7-12-15(19(14)23(25)30)11-16-20(24(31)26(2)22(16)29)18(12)13-5-3-4-6-17(13)32-10-9-27/h3-7,14-16,18-20,27H,8-11H2,1-2H3. The Labute approximate surface area is 185 Å². The maximum absolute atomic E-state index is 13.2. The monoisotopic (exact) mass is 438 g/mol. The van der Waals surface area contributed by atoms with Crippen molar-refractivity contribution in [3.8, 4) is 5.75 Å². The van der Waals surface area contributed by atoms with Gasteiger partial charge in [-0.15, -0.1) is 0 Å². The van der Waals surface area contributed by atoms with Crippen LogP contribution in [0.4, 0.5) is 0 Å². The number of hydrogen-bond donors (Lipinski definition) is 1. The van der Waals surface area contributed by atoms with Crippen LogP contribution in [0.25, 0.3) is 0 Å². The second-order valence-electron chi connectivity index (χ2n) is 9.11. The molecule has 1 aromatic carbocycles. The first-order chi connectivity index (χ1) is 15.4. The van der Waals surface area contributed by atoms with Gasteiger partial charge < -0.3 is 9.84 Å². The molecule has 168 valence electrons. The van der Waals surface area contributed by atoms with Crippen molar-refractivity contribution < 1.29 is 29.0 Å². The summed E-state index contributed by atoms with van der Waals surface area (Å²) >= 11 is 0. The van der Waals surface area contributed by atoms with Crippen LogP contribution in [0.1, 0.15) is 24.3 Å². The summed E-state index contributed by atoms with van der Waals surface area (Å²) in [4.78, 5) is 54.3. The summed E-state index contributed by atoms with van der Waals surface area (Å²) in [6, 6.07) is 7.35. The molecule has 0 spiro atoms. The second-order valence-corrected chi connectivity index (χ2v) is 9.11. The first kappa shape index (κ1) is 20.9. The molecule has 0 aromatic heterocycles. The van der Waals surface area contributed by atoms with Gasteiger partial charge in [-0.3, -0.25) is 29.0 Å². The largest absolute Gasteiger partial charge is 0.491 e. The lowest BCUT2D eigenvalue weighted by atomic mass is 9.57. The summed E-state index contributed by atoms with van der Waals surface area (Å²) in [5, 5.41) is 9.24. The van der Waals surface area contributed by atoms with Crippen molar-refractivity contribution in [2.24, 2.45) is 29.6 Å². The summed E-state index contributed by atoms with van der Waals surface area (Å²) in [5.41, 5.74) is 1.72. The number of benzene rings is 1. The van der Waals surface area contributed by atoms with E-state index in [0.29, 0.717) is 18.6 Å². The van der Waals surface area contributed by atoms with Crippen LogP contribution < -0.4 is 4.74 Å². The lowest BCUT2D eigenvalue weighted by molar-refractivity contribution is -0.140. The highest BCUT2D eigenvalue weighted by Gasteiger charge is 2.61. The number of para-hydroxylation sites is 1. The van der Waals surface area contributed by atoms with Crippen molar-refractivity contribution in [2.75, 3.05) is 27.3 Å². The van der Waals surface area contributed by atoms with E-state index >= 15 is 0 Å². The number of hydrogen-bond acceptors (Lipinski definition) is 6. The number of imide groups is 2. The Kier molecular flexibility index (Phi) is 4.93. The number of nitrogens with zero attached hydrogens (tertiary/aromatic N) is 2. The van der Waals surface area contributed by atoms with Crippen molar-refractivity contribution in [2.45, 2.75) is 18.8 Å². The molecule has 2 aliphatic carbocycles. The maximum atomic E-state index is 13.2.